The molecule has 1 aromatic carbocycles. The van der Waals surface area contributed by atoms with Gasteiger partial charge in [0.25, 0.3) is 5.91 Å². The van der Waals surface area contributed by atoms with E-state index in [1.807, 2.05) is 13.8 Å². The van der Waals surface area contributed by atoms with Crippen molar-refractivity contribution in [3.8, 4) is 11.8 Å². The van der Waals surface area contributed by atoms with Crippen molar-refractivity contribution in [2.24, 2.45) is 5.92 Å². The lowest BCUT2D eigenvalue weighted by molar-refractivity contribution is -0.141. The molecule has 0 fully saturated rings. The third-order valence-corrected chi connectivity index (χ3v) is 4.02. The van der Waals surface area contributed by atoms with E-state index in [4.69, 9.17) is 9.47 Å². The van der Waals surface area contributed by atoms with Gasteiger partial charge in [-0.05, 0) is 50.3 Å². The van der Waals surface area contributed by atoms with E-state index < -0.39 is 5.60 Å². The molecule has 0 unspecified atom stereocenters. The number of nitriles is 1. The lowest BCUT2D eigenvalue weighted by atomic mass is 9.93. The molecule has 144 valence electrons. The van der Waals surface area contributed by atoms with Crippen molar-refractivity contribution in [3.05, 3.63) is 23.8 Å². The maximum absolute atomic E-state index is 12.8. The Morgan fingerprint density at radius 1 is 1.27 bits per heavy atom. The van der Waals surface area contributed by atoms with Crippen molar-refractivity contribution in [3.63, 3.8) is 0 Å². The van der Waals surface area contributed by atoms with Gasteiger partial charge in [-0.2, -0.15) is 5.26 Å². The number of unbranched alkanes of at least 4 members (excludes halogenated alkanes) is 1. The van der Waals surface area contributed by atoms with Crippen molar-refractivity contribution in [1.82, 2.24) is 0 Å². The van der Waals surface area contributed by atoms with E-state index in [1.54, 1.807) is 18.2 Å². The van der Waals surface area contributed by atoms with Gasteiger partial charge >= 0.3 is 0 Å². The van der Waals surface area contributed by atoms with E-state index >= 15 is 0 Å². The fourth-order valence-corrected chi connectivity index (χ4v) is 2.73. The minimum absolute atomic E-state index is 0.191. The molecule has 26 heavy (non-hydrogen) atoms. The van der Waals surface area contributed by atoms with Gasteiger partial charge in [0.1, 0.15) is 17.4 Å². The number of hydrogen-bond donors (Lipinski definition) is 1. The van der Waals surface area contributed by atoms with Crippen molar-refractivity contribution < 1.29 is 14.3 Å². The van der Waals surface area contributed by atoms with Crippen LogP contribution in [-0.4, -0.2) is 24.7 Å². The zero-order valence-corrected chi connectivity index (χ0v) is 16.7. The van der Waals surface area contributed by atoms with Gasteiger partial charge in [0, 0.05) is 12.3 Å². The van der Waals surface area contributed by atoms with Crippen LogP contribution in [0.25, 0.3) is 0 Å². The summed E-state index contributed by atoms with van der Waals surface area (Å²) in [5.41, 5.74) is 0.0937. The standard InChI is InChI=1S/C21H32N2O3/c1-6-8-12-25-19-10-9-18(13-17(19)15-22)23-20(24)21(5,14-16(3)4)26-11-7-2/h9-10,13,16H,6-8,11-12,14H2,1-5H3,(H,23,24)/t21-/m0/s1. The number of carbonyl (C=O) groups is 1. The van der Waals surface area contributed by atoms with Crippen LogP contribution in [0.2, 0.25) is 0 Å². The average molecular weight is 360 g/mol. The maximum atomic E-state index is 12.8. The van der Waals surface area contributed by atoms with Crippen LogP contribution in [0.15, 0.2) is 18.2 Å². The van der Waals surface area contributed by atoms with Gasteiger partial charge < -0.3 is 14.8 Å². The Morgan fingerprint density at radius 2 is 2.00 bits per heavy atom. The monoisotopic (exact) mass is 360 g/mol. The molecule has 0 bridgehead atoms. The number of hydrogen-bond acceptors (Lipinski definition) is 4. The van der Waals surface area contributed by atoms with Crippen molar-refractivity contribution >= 4 is 11.6 Å². The van der Waals surface area contributed by atoms with Crippen LogP contribution in [0.1, 0.15) is 65.9 Å². The molecule has 0 aliphatic rings. The second kappa shape index (κ2) is 10.8. The summed E-state index contributed by atoms with van der Waals surface area (Å²) in [5, 5.41) is 12.3. The van der Waals surface area contributed by atoms with E-state index in [9.17, 15) is 10.1 Å². The summed E-state index contributed by atoms with van der Waals surface area (Å²) in [5.74, 6) is 0.681. The highest BCUT2D eigenvalue weighted by Gasteiger charge is 2.35. The van der Waals surface area contributed by atoms with Crippen LogP contribution < -0.4 is 10.1 Å². The first-order chi connectivity index (χ1) is 12.4. The molecule has 0 saturated heterocycles. The van der Waals surface area contributed by atoms with Crippen molar-refractivity contribution in [2.45, 2.75) is 65.9 Å². The highest BCUT2D eigenvalue weighted by atomic mass is 16.5. The highest BCUT2D eigenvalue weighted by Crippen LogP contribution is 2.26. The van der Waals surface area contributed by atoms with E-state index in [0.29, 0.717) is 42.6 Å². The van der Waals surface area contributed by atoms with E-state index in [-0.39, 0.29) is 5.91 Å². The Hall–Kier alpha value is -2.06. The van der Waals surface area contributed by atoms with Crippen LogP contribution in [0, 0.1) is 17.2 Å². The minimum Gasteiger partial charge on any atom is -0.492 e. The first-order valence-electron chi connectivity index (χ1n) is 9.48. The zero-order chi connectivity index (χ0) is 19.6. The Kier molecular flexibility index (Phi) is 9.15. The molecule has 0 radical (unpaired) electrons. The fraction of sp³-hybridized carbons (Fsp3) is 0.619. The first kappa shape index (κ1) is 22.0. The van der Waals surface area contributed by atoms with Crippen LogP contribution >= 0.6 is 0 Å². The predicted octanol–water partition coefficient (Wildman–Crippen LogP) is 4.91. The summed E-state index contributed by atoms with van der Waals surface area (Å²) in [4.78, 5) is 12.8. The van der Waals surface area contributed by atoms with Gasteiger partial charge in [0.15, 0.2) is 0 Å². The molecular weight excluding hydrogens is 328 g/mol. The predicted molar refractivity (Wildman–Crippen MR) is 104 cm³/mol. The molecule has 1 aromatic rings. The largest absolute Gasteiger partial charge is 0.492 e. The SMILES string of the molecule is CCCCOc1ccc(NC(=O)[C@](C)(CC(C)C)OCCC)cc1C#N. The van der Waals surface area contributed by atoms with Gasteiger partial charge in [0.2, 0.25) is 0 Å². The normalized spacial score (nSPS) is 13.1. The van der Waals surface area contributed by atoms with Gasteiger partial charge in [-0.1, -0.05) is 34.1 Å². The van der Waals surface area contributed by atoms with E-state index in [0.717, 1.165) is 19.3 Å². The number of rotatable bonds is 11. The smallest absolute Gasteiger partial charge is 0.256 e. The quantitative estimate of drug-likeness (QED) is 0.569. The highest BCUT2D eigenvalue weighted by molar-refractivity contribution is 5.97. The summed E-state index contributed by atoms with van der Waals surface area (Å²) in [6.07, 6.45) is 3.44. The second-order valence-corrected chi connectivity index (χ2v) is 7.16. The Bertz CT molecular complexity index is 622. The number of benzene rings is 1. The van der Waals surface area contributed by atoms with E-state index in [1.165, 1.54) is 0 Å². The summed E-state index contributed by atoms with van der Waals surface area (Å²) >= 11 is 0. The lowest BCUT2D eigenvalue weighted by Gasteiger charge is -2.30. The average Bonchev–Trinajstić information content (AvgIpc) is 2.60. The third-order valence-electron chi connectivity index (χ3n) is 4.02. The van der Waals surface area contributed by atoms with Gasteiger partial charge in [-0.15, -0.1) is 0 Å². The number of amides is 1. The summed E-state index contributed by atoms with van der Waals surface area (Å²) in [7, 11) is 0. The topological polar surface area (TPSA) is 71.3 Å². The zero-order valence-electron chi connectivity index (χ0n) is 16.7. The van der Waals surface area contributed by atoms with Gasteiger partial charge in [-0.25, -0.2) is 0 Å². The number of nitrogens with zero attached hydrogens (tertiary/aromatic N) is 1. The van der Waals surface area contributed by atoms with Crippen LogP contribution in [-0.2, 0) is 9.53 Å². The minimum atomic E-state index is -0.896. The Morgan fingerprint density at radius 3 is 2.58 bits per heavy atom. The van der Waals surface area contributed by atoms with Crippen LogP contribution in [0.3, 0.4) is 0 Å². The molecule has 0 saturated carbocycles. The molecule has 0 aromatic heterocycles. The third kappa shape index (κ3) is 6.68. The molecule has 5 heteroatoms. The number of nitrogens with one attached hydrogen (secondary N) is 1. The second-order valence-electron chi connectivity index (χ2n) is 7.16. The first-order valence-corrected chi connectivity index (χ1v) is 9.48. The number of ether oxygens (including phenoxy) is 2. The van der Waals surface area contributed by atoms with E-state index in [2.05, 4.69) is 32.2 Å². The molecule has 1 rings (SSSR count). The van der Waals surface area contributed by atoms with Gasteiger partial charge in [-0.3, -0.25) is 4.79 Å². The van der Waals surface area contributed by atoms with Gasteiger partial charge in [0.05, 0.1) is 12.2 Å². The Balaban J connectivity index is 2.90. The summed E-state index contributed by atoms with van der Waals surface area (Å²) in [6.45, 7) is 11.2. The molecular formula is C21H32N2O3. The molecule has 0 heterocycles. The molecule has 5 nitrogen and oxygen atoms in total. The van der Waals surface area contributed by atoms with Crippen LogP contribution in [0.4, 0.5) is 5.69 Å². The number of carbonyl (C=O) groups excluding carboxylic acids is 1. The maximum Gasteiger partial charge on any atom is 0.256 e. The van der Waals surface area contributed by atoms with Crippen molar-refractivity contribution in [1.29, 1.82) is 5.26 Å². The Labute approximate surface area is 157 Å². The summed E-state index contributed by atoms with van der Waals surface area (Å²) < 4.78 is 11.5. The molecule has 1 N–H and O–H groups in total. The van der Waals surface area contributed by atoms with Crippen LogP contribution in [0.5, 0.6) is 5.75 Å². The van der Waals surface area contributed by atoms with Crippen molar-refractivity contribution in [2.75, 3.05) is 18.5 Å². The summed E-state index contributed by atoms with van der Waals surface area (Å²) in [6, 6.07) is 7.27. The molecule has 1 atom stereocenters. The molecule has 0 aliphatic heterocycles. The molecule has 1 amide bonds. The fourth-order valence-electron chi connectivity index (χ4n) is 2.73. The number of anilines is 1. The molecule has 0 spiro atoms. The lowest BCUT2D eigenvalue weighted by Crippen LogP contribution is -2.44. The molecule has 0 aliphatic carbocycles.